The molecule has 1 heterocycles. The fourth-order valence-corrected chi connectivity index (χ4v) is 2.35. The number of nitro groups is 1. The summed E-state index contributed by atoms with van der Waals surface area (Å²) in [5.41, 5.74) is 2.77. The minimum Gasteiger partial charge on any atom is -0.392 e. The Kier molecular flexibility index (Phi) is 4.48. The van der Waals surface area contributed by atoms with Crippen molar-refractivity contribution in [1.82, 2.24) is 15.2 Å². The highest BCUT2D eigenvalue weighted by atomic mass is 16.6. The first-order chi connectivity index (χ1) is 11.7. The van der Waals surface area contributed by atoms with E-state index in [4.69, 9.17) is 0 Å². The van der Waals surface area contributed by atoms with E-state index in [1.165, 1.54) is 18.5 Å². The molecule has 8 heteroatoms. The Balaban J connectivity index is 1.81. The van der Waals surface area contributed by atoms with Crippen LogP contribution in [-0.4, -0.2) is 25.2 Å². The van der Waals surface area contributed by atoms with Crippen LogP contribution in [0.3, 0.4) is 0 Å². The lowest BCUT2D eigenvalue weighted by atomic mass is 10.1. The number of anilines is 1. The molecule has 2 aromatic carbocycles. The molecule has 3 N–H and O–H groups in total. The average Bonchev–Trinajstić information content (AvgIpc) is 3.14. The molecule has 122 valence electrons. The van der Waals surface area contributed by atoms with Crippen LogP contribution in [0.4, 0.5) is 11.4 Å². The maximum Gasteiger partial charge on any atom is 0.292 e. The van der Waals surface area contributed by atoms with E-state index in [0.29, 0.717) is 23.6 Å². The third-order valence-corrected chi connectivity index (χ3v) is 3.54. The second kappa shape index (κ2) is 6.88. The van der Waals surface area contributed by atoms with Crippen molar-refractivity contribution in [3.8, 4) is 11.4 Å². The summed E-state index contributed by atoms with van der Waals surface area (Å²) in [6.07, 6.45) is 1.43. The van der Waals surface area contributed by atoms with E-state index in [1.807, 2.05) is 24.3 Å². The van der Waals surface area contributed by atoms with Crippen molar-refractivity contribution in [3.63, 3.8) is 0 Å². The first-order valence-corrected chi connectivity index (χ1v) is 7.24. The predicted octanol–water partition coefficient (Wildman–Crippen LogP) is 2.48. The summed E-state index contributed by atoms with van der Waals surface area (Å²) in [5, 5.41) is 30.0. The van der Waals surface area contributed by atoms with Crippen LogP contribution in [0.5, 0.6) is 0 Å². The minimum atomic E-state index is -0.450. The van der Waals surface area contributed by atoms with E-state index in [9.17, 15) is 15.2 Å². The van der Waals surface area contributed by atoms with E-state index >= 15 is 0 Å². The Hall–Kier alpha value is -3.26. The Bertz CT molecular complexity index is 849. The second-order valence-corrected chi connectivity index (χ2v) is 5.15. The Morgan fingerprint density at radius 1 is 1.21 bits per heavy atom. The van der Waals surface area contributed by atoms with Gasteiger partial charge in [-0.3, -0.25) is 15.2 Å². The normalized spacial score (nSPS) is 10.5. The number of benzene rings is 2. The minimum absolute atomic E-state index is 0.0291. The molecule has 0 bridgehead atoms. The molecule has 0 radical (unpaired) electrons. The van der Waals surface area contributed by atoms with Crippen molar-refractivity contribution < 1.29 is 10.0 Å². The molecular weight excluding hydrogens is 310 g/mol. The van der Waals surface area contributed by atoms with Crippen molar-refractivity contribution in [2.24, 2.45) is 0 Å². The van der Waals surface area contributed by atoms with Crippen molar-refractivity contribution >= 4 is 11.4 Å². The summed E-state index contributed by atoms with van der Waals surface area (Å²) >= 11 is 0. The quantitative estimate of drug-likeness (QED) is 0.473. The molecule has 0 spiro atoms. The van der Waals surface area contributed by atoms with Gasteiger partial charge in [-0.05, 0) is 29.3 Å². The zero-order chi connectivity index (χ0) is 16.9. The zero-order valence-electron chi connectivity index (χ0n) is 12.6. The van der Waals surface area contributed by atoms with Crippen LogP contribution in [0.15, 0.2) is 48.8 Å². The topological polar surface area (TPSA) is 117 Å². The molecule has 0 atom stereocenters. The molecule has 1 aromatic heterocycles. The van der Waals surface area contributed by atoms with Crippen molar-refractivity contribution in [2.45, 2.75) is 13.2 Å². The van der Waals surface area contributed by atoms with E-state index in [0.717, 1.165) is 11.1 Å². The molecule has 0 aliphatic heterocycles. The molecular formula is C16H15N5O3. The standard InChI is InChI=1S/C16H15N5O3/c22-9-12-4-5-15(21(23)24)14(7-12)17-8-11-2-1-3-13(6-11)16-18-10-19-20-16/h1-7,10,17,22H,8-9H2,(H,18,19,20). The molecule has 0 aliphatic carbocycles. The largest absolute Gasteiger partial charge is 0.392 e. The maximum absolute atomic E-state index is 11.1. The number of nitro benzene ring substituents is 1. The molecule has 0 unspecified atom stereocenters. The molecule has 0 fully saturated rings. The number of aliphatic hydroxyl groups excluding tert-OH is 1. The first kappa shape index (κ1) is 15.6. The number of rotatable bonds is 6. The van der Waals surface area contributed by atoms with Gasteiger partial charge in [-0.15, -0.1) is 0 Å². The Morgan fingerprint density at radius 2 is 2.08 bits per heavy atom. The van der Waals surface area contributed by atoms with Crippen LogP contribution >= 0.6 is 0 Å². The number of nitrogens with zero attached hydrogens (tertiary/aromatic N) is 3. The number of aromatic nitrogens is 3. The van der Waals surface area contributed by atoms with E-state index < -0.39 is 4.92 Å². The van der Waals surface area contributed by atoms with Crippen LogP contribution in [0.2, 0.25) is 0 Å². The monoisotopic (exact) mass is 325 g/mol. The predicted molar refractivity (Wildman–Crippen MR) is 88.2 cm³/mol. The molecule has 0 saturated carbocycles. The SMILES string of the molecule is O=[N+]([O-])c1ccc(CO)cc1NCc1cccc(-c2ncn[nH]2)c1. The van der Waals surface area contributed by atoms with Crippen molar-refractivity contribution in [2.75, 3.05) is 5.32 Å². The number of nitrogens with one attached hydrogen (secondary N) is 2. The molecule has 0 amide bonds. The van der Waals surface area contributed by atoms with E-state index in [1.54, 1.807) is 6.07 Å². The van der Waals surface area contributed by atoms with Crippen LogP contribution in [0.25, 0.3) is 11.4 Å². The summed E-state index contributed by atoms with van der Waals surface area (Å²) in [6.45, 7) is 0.228. The highest BCUT2D eigenvalue weighted by molar-refractivity contribution is 5.63. The van der Waals surface area contributed by atoms with Gasteiger partial charge in [-0.1, -0.05) is 18.2 Å². The van der Waals surface area contributed by atoms with Gasteiger partial charge in [0.1, 0.15) is 12.0 Å². The number of hydrogen-bond acceptors (Lipinski definition) is 6. The van der Waals surface area contributed by atoms with Crippen molar-refractivity contribution in [1.29, 1.82) is 0 Å². The van der Waals surface area contributed by atoms with Crippen molar-refractivity contribution in [3.05, 3.63) is 70.0 Å². The summed E-state index contributed by atoms with van der Waals surface area (Å²) in [5.74, 6) is 0.658. The molecule has 3 aromatic rings. The molecule has 8 nitrogen and oxygen atoms in total. The molecule has 24 heavy (non-hydrogen) atoms. The van der Waals surface area contributed by atoms with Gasteiger partial charge in [0.05, 0.1) is 11.5 Å². The summed E-state index contributed by atoms with van der Waals surface area (Å²) in [6, 6.07) is 12.1. The van der Waals surface area contributed by atoms with Gasteiger partial charge in [0, 0.05) is 18.2 Å². The number of hydrogen-bond donors (Lipinski definition) is 3. The third-order valence-electron chi connectivity index (χ3n) is 3.54. The molecule has 0 saturated heterocycles. The lowest BCUT2D eigenvalue weighted by molar-refractivity contribution is -0.384. The highest BCUT2D eigenvalue weighted by Crippen LogP contribution is 2.26. The fraction of sp³-hybridized carbons (Fsp3) is 0.125. The lowest BCUT2D eigenvalue weighted by Crippen LogP contribution is -2.03. The van der Waals surface area contributed by atoms with E-state index in [2.05, 4.69) is 20.5 Å². The summed E-state index contributed by atoms with van der Waals surface area (Å²) in [4.78, 5) is 14.8. The zero-order valence-corrected chi connectivity index (χ0v) is 12.6. The lowest BCUT2D eigenvalue weighted by Gasteiger charge is -2.09. The van der Waals surface area contributed by atoms with Gasteiger partial charge in [0.25, 0.3) is 5.69 Å². The van der Waals surface area contributed by atoms with Gasteiger partial charge < -0.3 is 10.4 Å². The first-order valence-electron chi connectivity index (χ1n) is 7.24. The van der Waals surface area contributed by atoms with Crippen LogP contribution in [-0.2, 0) is 13.2 Å². The third kappa shape index (κ3) is 3.39. The number of H-pyrrole nitrogens is 1. The van der Waals surface area contributed by atoms with Gasteiger partial charge in [0.15, 0.2) is 5.82 Å². The van der Waals surface area contributed by atoms with Gasteiger partial charge in [-0.25, -0.2) is 4.98 Å². The number of aliphatic hydroxyl groups is 1. The highest BCUT2D eigenvalue weighted by Gasteiger charge is 2.14. The smallest absolute Gasteiger partial charge is 0.292 e. The molecule has 0 aliphatic rings. The van der Waals surface area contributed by atoms with Gasteiger partial charge >= 0.3 is 0 Å². The van der Waals surface area contributed by atoms with Gasteiger partial charge in [0.2, 0.25) is 0 Å². The Labute approximate surface area is 137 Å². The Morgan fingerprint density at radius 3 is 2.79 bits per heavy atom. The van der Waals surface area contributed by atoms with Crippen LogP contribution in [0.1, 0.15) is 11.1 Å². The van der Waals surface area contributed by atoms with Crippen LogP contribution < -0.4 is 5.32 Å². The average molecular weight is 325 g/mol. The van der Waals surface area contributed by atoms with Gasteiger partial charge in [-0.2, -0.15) is 5.10 Å². The van der Waals surface area contributed by atoms with Crippen LogP contribution in [0, 0.1) is 10.1 Å². The number of aromatic amines is 1. The maximum atomic E-state index is 11.1. The van der Waals surface area contributed by atoms with E-state index in [-0.39, 0.29) is 12.3 Å². The summed E-state index contributed by atoms with van der Waals surface area (Å²) < 4.78 is 0. The molecule has 3 rings (SSSR count). The fourth-order valence-electron chi connectivity index (χ4n) is 2.35. The summed E-state index contributed by atoms with van der Waals surface area (Å²) in [7, 11) is 0. The second-order valence-electron chi connectivity index (χ2n) is 5.15.